The number of nitrogens with two attached hydrogens (primary N) is 1. The van der Waals surface area contributed by atoms with E-state index >= 15 is 0 Å². The van der Waals surface area contributed by atoms with Gasteiger partial charge >= 0.3 is 11.9 Å². The maximum atomic E-state index is 12.2. The van der Waals surface area contributed by atoms with Crippen LogP contribution in [0.4, 0.5) is 0 Å². The van der Waals surface area contributed by atoms with Crippen LogP contribution in [0, 0.1) is 17.3 Å². The summed E-state index contributed by atoms with van der Waals surface area (Å²) in [6.07, 6.45) is 3.21. The lowest BCUT2D eigenvalue weighted by Crippen LogP contribution is -2.60. The molecule has 8 unspecified atom stereocenters. The maximum absolute atomic E-state index is 12.2. The molecule has 3 saturated heterocycles. The Labute approximate surface area is 200 Å². The molecule has 0 spiro atoms. The summed E-state index contributed by atoms with van der Waals surface area (Å²) in [6.45, 7) is 10.3. The zero-order chi connectivity index (χ0) is 24.7. The molecule has 4 heterocycles. The number of nitrogens with zero attached hydrogens (tertiary/aromatic N) is 3. The minimum atomic E-state index is -0.752. The van der Waals surface area contributed by atoms with Gasteiger partial charge in [-0.1, -0.05) is 25.5 Å². The highest BCUT2D eigenvalue weighted by Gasteiger charge is 2.58. The fraction of sp³-hybridized carbons (Fsp3) is 0.833. The fourth-order valence-electron chi connectivity index (χ4n) is 5.72. The van der Waals surface area contributed by atoms with Crippen LogP contribution in [0.3, 0.4) is 0 Å². The van der Waals surface area contributed by atoms with Crippen molar-refractivity contribution in [3.63, 3.8) is 0 Å². The van der Waals surface area contributed by atoms with Crippen LogP contribution < -0.4 is 5.73 Å². The predicted molar refractivity (Wildman–Crippen MR) is 121 cm³/mol. The lowest BCUT2D eigenvalue weighted by atomic mass is 9.70. The Morgan fingerprint density at radius 2 is 1.88 bits per heavy atom. The van der Waals surface area contributed by atoms with Gasteiger partial charge in [0.15, 0.2) is 6.10 Å². The highest BCUT2D eigenvalue weighted by atomic mass is 16.6. The number of fused-ring (bicyclic) bond motifs is 5. The second-order valence-corrected chi connectivity index (χ2v) is 10.8. The number of rotatable bonds is 6. The summed E-state index contributed by atoms with van der Waals surface area (Å²) in [6, 6.07) is 0. The second kappa shape index (κ2) is 9.54. The van der Waals surface area contributed by atoms with E-state index in [-0.39, 0.29) is 29.6 Å². The minimum Gasteiger partial charge on any atom is -0.458 e. The molecule has 1 aromatic heterocycles. The molecule has 1 aliphatic carbocycles. The lowest BCUT2D eigenvalue weighted by Gasteiger charge is -2.47. The number of ether oxygens (including phenoxy) is 4. The molecule has 0 radical (unpaired) electrons. The Bertz CT molecular complexity index is 908. The van der Waals surface area contributed by atoms with Crippen molar-refractivity contribution < 1.29 is 28.5 Å². The number of esters is 2. The van der Waals surface area contributed by atoms with Gasteiger partial charge < -0.3 is 24.7 Å². The molecule has 2 N–H and O–H groups in total. The molecule has 10 nitrogen and oxygen atoms in total. The van der Waals surface area contributed by atoms with E-state index in [1.807, 2.05) is 0 Å². The zero-order valence-electron chi connectivity index (χ0n) is 20.9. The van der Waals surface area contributed by atoms with E-state index in [0.29, 0.717) is 24.7 Å². The third-order valence-electron chi connectivity index (χ3n) is 7.96. The fourth-order valence-corrected chi connectivity index (χ4v) is 5.72. The molecule has 0 aromatic carbocycles. The van der Waals surface area contributed by atoms with Crippen LogP contribution in [0.15, 0.2) is 6.20 Å². The Morgan fingerprint density at radius 3 is 2.50 bits per heavy atom. The predicted octanol–water partition coefficient (Wildman–Crippen LogP) is 1.99. The molecule has 2 bridgehead atoms. The smallest absolute Gasteiger partial charge is 0.303 e. The Kier molecular flexibility index (Phi) is 7.04. The van der Waals surface area contributed by atoms with Crippen LogP contribution in [0.5, 0.6) is 0 Å². The summed E-state index contributed by atoms with van der Waals surface area (Å²) in [5.41, 5.74) is 6.16. The largest absolute Gasteiger partial charge is 0.458 e. The van der Waals surface area contributed by atoms with Gasteiger partial charge in [-0.2, -0.15) is 0 Å². The summed E-state index contributed by atoms with van der Waals surface area (Å²) in [7, 11) is 0. The summed E-state index contributed by atoms with van der Waals surface area (Å²) in [4.78, 5) is 24.3. The quantitative estimate of drug-likeness (QED) is 0.610. The first-order valence-corrected chi connectivity index (χ1v) is 12.3. The van der Waals surface area contributed by atoms with Crippen molar-refractivity contribution in [3.8, 4) is 0 Å². The van der Waals surface area contributed by atoms with Crippen molar-refractivity contribution >= 4 is 11.9 Å². The Morgan fingerprint density at radius 1 is 1.18 bits per heavy atom. The average Bonchev–Trinajstić information content (AvgIpc) is 3.16. The zero-order valence-corrected chi connectivity index (χ0v) is 20.9. The SMILES string of the molecule is CCC1(C)CC2C(Cn3cc(CN)nn3)OC(COC3(C)CC3C1)C(OC(C)=O)C2OC(C)=O. The van der Waals surface area contributed by atoms with E-state index in [0.717, 1.165) is 25.7 Å². The number of carbonyl (C=O) groups excluding carboxylic acids is 2. The van der Waals surface area contributed by atoms with Crippen molar-refractivity contribution in [2.24, 2.45) is 23.0 Å². The Balaban J connectivity index is 1.74. The first-order chi connectivity index (χ1) is 16.1. The van der Waals surface area contributed by atoms with Crippen LogP contribution in [0.2, 0.25) is 0 Å². The molecular formula is C24H38N4O6. The van der Waals surface area contributed by atoms with Gasteiger partial charge in [-0.15, -0.1) is 5.10 Å². The molecule has 1 saturated carbocycles. The van der Waals surface area contributed by atoms with E-state index < -0.39 is 30.3 Å². The molecule has 3 aliphatic heterocycles. The molecule has 34 heavy (non-hydrogen) atoms. The molecule has 10 heteroatoms. The van der Waals surface area contributed by atoms with Crippen molar-refractivity contribution in [2.45, 2.75) is 103 Å². The van der Waals surface area contributed by atoms with Gasteiger partial charge in [-0.05, 0) is 37.5 Å². The lowest BCUT2D eigenvalue weighted by molar-refractivity contribution is -0.241. The first kappa shape index (κ1) is 25.1. The Hall–Kier alpha value is -2.04. The van der Waals surface area contributed by atoms with Crippen molar-refractivity contribution in [1.82, 2.24) is 15.0 Å². The maximum Gasteiger partial charge on any atom is 0.303 e. The van der Waals surface area contributed by atoms with Gasteiger partial charge in [0.2, 0.25) is 0 Å². The number of hydrogen-bond donors (Lipinski definition) is 1. The molecule has 5 rings (SSSR count). The van der Waals surface area contributed by atoms with Gasteiger partial charge in [-0.25, -0.2) is 4.68 Å². The highest BCUT2D eigenvalue weighted by Crippen LogP contribution is 2.56. The monoisotopic (exact) mass is 478 g/mol. The van der Waals surface area contributed by atoms with Gasteiger partial charge in [-0.3, -0.25) is 9.59 Å². The standard InChI is InChI=1S/C24H38N4O6/c1-6-23(4)7-16-8-24(16,5)31-13-20-22(33-15(3)30)21(32-14(2)29)18(9-23)19(34-20)12-28-11-17(10-25)26-27-28/h11,16,18-22H,6-10,12-13,25H2,1-5H3. The second-order valence-electron chi connectivity index (χ2n) is 10.8. The van der Waals surface area contributed by atoms with Crippen LogP contribution in [-0.4, -0.2) is 63.6 Å². The number of hydrogen-bond acceptors (Lipinski definition) is 9. The van der Waals surface area contributed by atoms with Gasteiger partial charge in [0.25, 0.3) is 0 Å². The number of carbonyl (C=O) groups is 2. The summed E-state index contributed by atoms with van der Waals surface area (Å²) in [5.74, 6) is -0.597. The molecule has 190 valence electrons. The third kappa shape index (κ3) is 5.28. The van der Waals surface area contributed by atoms with E-state index in [2.05, 4.69) is 31.1 Å². The van der Waals surface area contributed by atoms with Crippen LogP contribution in [0.25, 0.3) is 0 Å². The van der Waals surface area contributed by atoms with Crippen molar-refractivity contribution in [3.05, 3.63) is 11.9 Å². The minimum absolute atomic E-state index is 0.0286. The highest BCUT2D eigenvalue weighted by molar-refractivity contribution is 5.67. The molecule has 0 amide bonds. The van der Waals surface area contributed by atoms with E-state index in [1.54, 1.807) is 10.9 Å². The summed E-state index contributed by atoms with van der Waals surface area (Å²) >= 11 is 0. The summed E-state index contributed by atoms with van der Waals surface area (Å²) < 4.78 is 26.3. The average molecular weight is 479 g/mol. The normalized spacial score (nSPS) is 39.6. The molecule has 1 aromatic rings. The van der Waals surface area contributed by atoms with Crippen LogP contribution >= 0.6 is 0 Å². The van der Waals surface area contributed by atoms with Gasteiger partial charge in [0.05, 0.1) is 30.6 Å². The molecule has 4 aliphatic rings. The van der Waals surface area contributed by atoms with Crippen molar-refractivity contribution in [2.75, 3.05) is 6.61 Å². The first-order valence-electron chi connectivity index (χ1n) is 12.3. The van der Waals surface area contributed by atoms with Gasteiger partial charge in [0, 0.05) is 32.5 Å². The van der Waals surface area contributed by atoms with Crippen LogP contribution in [0.1, 0.15) is 66.0 Å². The van der Waals surface area contributed by atoms with E-state index in [1.165, 1.54) is 13.8 Å². The summed E-state index contributed by atoms with van der Waals surface area (Å²) in [5, 5.41) is 8.30. The van der Waals surface area contributed by atoms with Crippen LogP contribution in [-0.2, 0) is 41.6 Å². The molecule has 8 atom stereocenters. The topological polar surface area (TPSA) is 128 Å². The molecule has 4 fully saturated rings. The van der Waals surface area contributed by atoms with Crippen molar-refractivity contribution in [1.29, 1.82) is 0 Å². The van der Waals surface area contributed by atoms with E-state index in [4.69, 9.17) is 24.7 Å². The molecular weight excluding hydrogens is 440 g/mol. The van der Waals surface area contributed by atoms with E-state index in [9.17, 15) is 9.59 Å². The van der Waals surface area contributed by atoms with Gasteiger partial charge in [0.1, 0.15) is 12.2 Å². The third-order valence-corrected chi connectivity index (χ3v) is 7.96. The number of aromatic nitrogens is 3.